The molecule has 6 heteroatoms. The van der Waals surface area contributed by atoms with E-state index < -0.39 is 0 Å². The molecule has 24 heavy (non-hydrogen) atoms. The molecule has 0 aliphatic heterocycles. The van der Waals surface area contributed by atoms with Gasteiger partial charge in [0.1, 0.15) is 0 Å². The molecule has 0 saturated carbocycles. The molecule has 0 aliphatic rings. The SMILES string of the molecule is C[C@@H](NC(=O)c1cnn(-c2ccc(Cl)cc2)c1)c1ccc(Cl)cc1. The minimum Gasteiger partial charge on any atom is -0.345 e. The summed E-state index contributed by atoms with van der Waals surface area (Å²) in [4.78, 5) is 12.4. The lowest BCUT2D eigenvalue weighted by Crippen LogP contribution is -2.26. The molecule has 2 aromatic carbocycles. The Labute approximate surface area is 150 Å². The predicted molar refractivity (Wildman–Crippen MR) is 95.9 cm³/mol. The van der Waals surface area contributed by atoms with Crippen LogP contribution in [0.15, 0.2) is 60.9 Å². The Kier molecular flexibility index (Phi) is 4.88. The normalized spacial score (nSPS) is 12.0. The van der Waals surface area contributed by atoms with Gasteiger partial charge in [-0.3, -0.25) is 4.79 Å². The lowest BCUT2D eigenvalue weighted by atomic mass is 10.1. The Bertz CT molecular complexity index is 841. The number of benzene rings is 2. The lowest BCUT2D eigenvalue weighted by molar-refractivity contribution is 0.0940. The van der Waals surface area contributed by atoms with Crippen LogP contribution in [-0.4, -0.2) is 15.7 Å². The molecule has 1 aromatic heterocycles. The number of nitrogens with one attached hydrogen (secondary N) is 1. The summed E-state index contributed by atoms with van der Waals surface area (Å²) >= 11 is 11.8. The number of nitrogens with zero attached hydrogens (tertiary/aromatic N) is 2. The smallest absolute Gasteiger partial charge is 0.254 e. The number of hydrogen-bond donors (Lipinski definition) is 1. The van der Waals surface area contributed by atoms with E-state index in [0.717, 1.165) is 11.3 Å². The monoisotopic (exact) mass is 359 g/mol. The molecule has 0 unspecified atom stereocenters. The minimum absolute atomic E-state index is 0.131. The minimum atomic E-state index is -0.183. The number of carbonyl (C=O) groups excluding carboxylic acids is 1. The summed E-state index contributed by atoms with van der Waals surface area (Å²) in [5.41, 5.74) is 2.31. The summed E-state index contributed by atoms with van der Waals surface area (Å²) in [5.74, 6) is -0.183. The van der Waals surface area contributed by atoms with Gasteiger partial charge in [0.15, 0.2) is 0 Å². The van der Waals surface area contributed by atoms with Crippen molar-refractivity contribution in [1.29, 1.82) is 0 Å². The third-order valence-corrected chi connectivity index (χ3v) is 4.16. The van der Waals surface area contributed by atoms with Crippen molar-refractivity contribution < 1.29 is 4.79 Å². The first kappa shape index (κ1) is 16.6. The van der Waals surface area contributed by atoms with Crippen LogP contribution in [0.25, 0.3) is 5.69 Å². The van der Waals surface area contributed by atoms with Crippen molar-refractivity contribution in [2.24, 2.45) is 0 Å². The summed E-state index contributed by atoms with van der Waals surface area (Å²) in [6.07, 6.45) is 3.23. The molecule has 0 saturated heterocycles. The van der Waals surface area contributed by atoms with Gasteiger partial charge in [-0.05, 0) is 48.9 Å². The standard InChI is InChI=1S/C18H15Cl2N3O/c1-12(13-2-4-15(19)5-3-13)22-18(24)14-10-21-23(11-14)17-8-6-16(20)7-9-17/h2-12H,1H3,(H,22,24)/t12-/m1/s1. The van der Waals surface area contributed by atoms with Crippen LogP contribution in [-0.2, 0) is 0 Å². The van der Waals surface area contributed by atoms with Crippen LogP contribution in [0.1, 0.15) is 28.9 Å². The first-order valence-corrected chi connectivity index (χ1v) is 8.15. The Hall–Kier alpha value is -2.30. The zero-order valence-electron chi connectivity index (χ0n) is 12.9. The van der Waals surface area contributed by atoms with Crippen LogP contribution in [0.4, 0.5) is 0 Å². The third-order valence-electron chi connectivity index (χ3n) is 3.65. The summed E-state index contributed by atoms with van der Waals surface area (Å²) < 4.78 is 1.64. The molecule has 1 amide bonds. The molecule has 0 aliphatic carbocycles. The van der Waals surface area contributed by atoms with Crippen LogP contribution in [0, 0.1) is 0 Å². The van der Waals surface area contributed by atoms with E-state index in [2.05, 4.69) is 10.4 Å². The van der Waals surface area contributed by atoms with Gasteiger partial charge in [-0.25, -0.2) is 4.68 Å². The number of halogens is 2. The van der Waals surface area contributed by atoms with E-state index in [4.69, 9.17) is 23.2 Å². The van der Waals surface area contributed by atoms with Crippen molar-refractivity contribution in [2.45, 2.75) is 13.0 Å². The maximum absolute atomic E-state index is 12.4. The van der Waals surface area contributed by atoms with Crippen LogP contribution < -0.4 is 5.32 Å². The highest BCUT2D eigenvalue weighted by atomic mass is 35.5. The molecular weight excluding hydrogens is 345 g/mol. The van der Waals surface area contributed by atoms with E-state index in [9.17, 15) is 4.79 Å². The quantitative estimate of drug-likeness (QED) is 0.735. The van der Waals surface area contributed by atoms with Gasteiger partial charge in [0.05, 0.1) is 23.5 Å². The Morgan fingerprint density at radius 2 is 1.62 bits per heavy atom. The van der Waals surface area contributed by atoms with Gasteiger partial charge in [-0.1, -0.05) is 35.3 Å². The first-order valence-electron chi connectivity index (χ1n) is 7.40. The Morgan fingerprint density at radius 1 is 1.04 bits per heavy atom. The fourth-order valence-electron chi connectivity index (χ4n) is 2.29. The fraction of sp³-hybridized carbons (Fsp3) is 0.111. The van der Waals surface area contributed by atoms with Gasteiger partial charge in [0.2, 0.25) is 0 Å². The molecule has 0 bridgehead atoms. The molecule has 1 heterocycles. The van der Waals surface area contributed by atoms with E-state index >= 15 is 0 Å². The molecule has 1 N–H and O–H groups in total. The van der Waals surface area contributed by atoms with Gasteiger partial charge in [-0.15, -0.1) is 0 Å². The van der Waals surface area contributed by atoms with Crippen LogP contribution in [0.5, 0.6) is 0 Å². The van der Waals surface area contributed by atoms with E-state index in [-0.39, 0.29) is 11.9 Å². The second-order valence-electron chi connectivity index (χ2n) is 5.40. The lowest BCUT2D eigenvalue weighted by Gasteiger charge is -2.13. The summed E-state index contributed by atoms with van der Waals surface area (Å²) in [5, 5.41) is 8.49. The van der Waals surface area contributed by atoms with E-state index in [0.29, 0.717) is 15.6 Å². The molecule has 122 valence electrons. The highest BCUT2D eigenvalue weighted by molar-refractivity contribution is 6.30. The molecule has 3 rings (SSSR count). The third kappa shape index (κ3) is 3.78. The van der Waals surface area contributed by atoms with Crippen molar-refractivity contribution >= 4 is 29.1 Å². The maximum atomic E-state index is 12.4. The molecule has 0 radical (unpaired) electrons. The van der Waals surface area contributed by atoms with Crippen LogP contribution in [0.3, 0.4) is 0 Å². The maximum Gasteiger partial charge on any atom is 0.254 e. The number of amides is 1. The highest BCUT2D eigenvalue weighted by Crippen LogP contribution is 2.17. The zero-order chi connectivity index (χ0) is 17.1. The molecule has 0 spiro atoms. The molecule has 0 fully saturated rings. The second kappa shape index (κ2) is 7.07. The first-order chi connectivity index (χ1) is 11.5. The number of aromatic nitrogens is 2. The van der Waals surface area contributed by atoms with Gasteiger partial charge < -0.3 is 5.32 Å². The topological polar surface area (TPSA) is 46.9 Å². The predicted octanol–water partition coefficient (Wildman–Crippen LogP) is 4.67. The summed E-state index contributed by atoms with van der Waals surface area (Å²) in [6.45, 7) is 1.92. The van der Waals surface area contributed by atoms with Gasteiger partial charge in [-0.2, -0.15) is 5.10 Å². The second-order valence-corrected chi connectivity index (χ2v) is 6.27. The van der Waals surface area contributed by atoms with Crippen molar-refractivity contribution in [3.63, 3.8) is 0 Å². The van der Waals surface area contributed by atoms with Crippen LogP contribution in [0.2, 0.25) is 10.0 Å². The molecular formula is C18H15Cl2N3O. The van der Waals surface area contributed by atoms with Crippen molar-refractivity contribution in [2.75, 3.05) is 0 Å². The van der Waals surface area contributed by atoms with Crippen molar-refractivity contribution in [3.8, 4) is 5.69 Å². The van der Waals surface area contributed by atoms with Gasteiger partial charge in [0.25, 0.3) is 5.91 Å². The van der Waals surface area contributed by atoms with E-state index in [1.807, 2.05) is 31.2 Å². The number of carbonyl (C=O) groups is 1. The molecule has 4 nitrogen and oxygen atoms in total. The van der Waals surface area contributed by atoms with E-state index in [1.165, 1.54) is 0 Å². The van der Waals surface area contributed by atoms with Crippen molar-refractivity contribution in [1.82, 2.24) is 15.1 Å². The average Bonchev–Trinajstić information content (AvgIpc) is 3.06. The molecule has 3 aromatic rings. The summed E-state index contributed by atoms with van der Waals surface area (Å²) in [7, 11) is 0. The number of rotatable bonds is 4. The van der Waals surface area contributed by atoms with Crippen LogP contribution >= 0.6 is 23.2 Å². The van der Waals surface area contributed by atoms with Crippen molar-refractivity contribution in [3.05, 3.63) is 82.1 Å². The molecule has 1 atom stereocenters. The average molecular weight is 360 g/mol. The Balaban J connectivity index is 1.71. The van der Waals surface area contributed by atoms with E-state index in [1.54, 1.807) is 41.3 Å². The Morgan fingerprint density at radius 3 is 2.25 bits per heavy atom. The zero-order valence-corrected chi connectivity index (χ0v) is 14.4. The highest BCUT2D eigenvalue weighted by Gasteiger charge is 2.13. The van der Waals surface area contributed by atoms with Gasteiger partial charge in [0, 0.05) is 16.2 Å². The summed E-state index contributed by atoms with van der Waals surface area (Å²) in [6, 6.07) is 14.5. The fourth-order valence-corrected chi connectivity index (χ4v) is 2.54. The number of hydrogen-bond acceptors (Lipinski definition) is 2. The van der Waals surface area contributed by atoms with Gasteiger partial charge >= 0.3 is 0 Å². The largest absolute Gasteiger partial charge is 0.345 e.